The topological polar surface area (TPSA) is 70.2 Å². The van der Waals surface area contributed by atoms with Gasteiger partial charge in [-0.05, 0) is 70.3 Å². The highest BCUT2D eigenvalue weighted by Crippen LogP contribution is 2.33. The Morgan fingerprint density at radius 3 is 2.43 bits per heavy atom. The van der Waals surface area contributed by atoms with E-state index < -0.39 is 9.84 Å². The minimum atomic E-state index is -2.85. The van der Waals surface area contributed by atoms with E-state index in [4.69, 9.17) is 0 Å². The molecule has 0 bridgehead atoms. The van der Waals surface area contributed by atoms with E-state index in [1.165, 1.54) is 38.4 Å². The van der Waals surface area contributed by atoms with Crippen molar-refractivity contribution >= 4 is 9.84 Å². The van der Waals surface area contributed by atoms with Crippen LogP contribution in [-0.4, -0.2) is 51.3 Å². The van der Waals surface area contributed by atoms with Gasteiger partial charge in [0.2, 0.25) is 0 Å². The Bertz CT molecular complexity index is 468. The number of nitrogens with one attached hydrogen (secondary N) is 3. The molecular formula is C17H33N3O2S. The molecule has 3 rings (SSSR count). The molecule has 3 unspecified atom stereocenters. The molecule has 0 aromatic heterocycles. The van der Waals surface area contributed by atoms with Gasteiger partial charge < -0.3 is 10.6 Å². The molecule has 0 aromatic carbocycles. The van der Waals surface area contributed by atoms with Crippen LogP contribution < -0.4 is 16.0 Å². The Morgan fingerprint density at radius 1 is 1.00 bits per heavy atom. The molecular weight excluding hydrogens is 310 g/mol. The predicted octanol–water partition coefficient (Wildman–Crippen LogP) is 1.40. The first-order chi connectivity index (χ1) is 11.0. The van der Waals surface area contributed by atoms with Crippen LogP contribution in [0.15, 0.2) is 0 Å². The van der Waals surface area contributed by atoms with Crippen LogP contribution in [0.3, 0.4) is 0 Å². The van der Waals surface area contributed by atoms with E-state index in [0.717, 1.165) is 38.8 Å². The molecule has 3 atom stereocenters. The largest absolute Gasteiger partial charge is 0.313 e. The highest BCUT2D eigenvalue weighted by Gasteiger charge is 2.34. The first-order valence-corrected chi connectivity index (χ1v) is 11.4. The molecule has 1 aliphatic carbocycles. The Morgan fingerprint density at radius 2 is 1.78 bits per heavy atom. The standard InChI is InChI=1S/C17H33N3O2S/c1-23(21,22)15-9-7-13(8-10-15)16-5-2-6-17(20-16)19-12-14-4-3-11-18-14/h13-20H,2-12H2,1H3. The van der Waals surface area contributed by atoms with Crippen molar-refractivity contribution in [3.05, 3.63) is 0 Å². The maximum absolute atomic E-state index is 11.7. The van der Waals surface area contributed by atoms with E-state index in [-0.39, 0.29) is 5.25 Å². The normalized spacial score (nSPS) is 39.4. The average Bonchev–Trinajstić information content (AvgIpc) is 3.06. The summed E-state index contributed by atoms with van der Waals surface area (Å²) in [7, 11) is -2.85. The molecule has 0 amide bonds. The second-order valence-corrected chi connectivity index (χ2v) is 10.2. The third-order valence-electron chi connectivity index (χ3n) is 6.09. The van der Waals surface area contributed by atoms with Crippen molar-refractivity contribution in [2.45, 2.75) is 81.3 Å². The van der Waals surface area contributed by atoms with Crippen LogP contribution in [0.1, 0.15) is 57.8 Å². The third kappa shape index (κ3) is 4.91. The van der Waals surface area contributed by atoms with Gasteiger partial charge in [0, 0.05) is 24.9 Å². The monoisotopic (exact) mass is 343 g/mol. The van der Waals surface area contributed by atoms with E-state index >= 15 is 0 Å². The quantitative estimate of drug-likeness (QED) is 0.704. The maximum atomic E-state index is 11.7. The van der Waals surface area contributed by atoms with Gasteiger partial charge in [0.25, 0.3) is 0 Å². The molecule has 6 heteroatoms. The number of sulfone groups is 1. The number of hydrogen-bond acceptors (Lipinski definition) is 5. The predicted molar refractivity (Wildman–Crippen MR) is 94.2 cm³/mol. The van der Waals surface area contributed by atoms with Crippen molar-refractivity contribution in [2.24, 2.45) is 5.92 Å². The van der Waals surface area contributed by atoms with Crippen LogP contribution in [0.2, 0.25) is 0 Å². The fourth-order valence-electron chi connectivity index (χ4n) is 4.63. The summed E-state index contributed by atoms with van der Waals surface area (Å²) in [6, 6.07) is 1.21. The number of hydrogen-bond donors (Lipinski definition) is 3. The van der Waals surface area contributed by atoms with Gasteiger partial charge in [0.05, 0.1) is 11.4 Å². The van der Waals surface area contributed by atoms with E-state index in [1.807, 2.05) is 0 Å². The van der Waals surface area contributed by atoms with Gasteiger partial charge in [-0.2, -0.15) is 0 Å². The van der Waals surface area contributed by atoms with Crippen LogP contribution in [0, 0.1) is 5.92 Å². The molecule has 3 aliphatic rings. The molecule has 0 spiro atoms. The summed E-state index contributed by atoms with van der Waals surface area (Å²) in [6.45, 7) is 2.22. The van der Waals surface area contributed by atoms with Crippen LogP contribution in [0.5, 0.6) is 0 Å². The van der Waals surface area contributed by atoms with Crippen LogP contribution in [-0.2, 0) is 9.84 Å². The molecule has 1 saturated carbocycles. The van der Waals surface area contributed by atoms with E-state index in [0.29, 0.717) is 24.2 Å². The molecule has 2 heterocycles. The first kappa shape index (κ1) is 17.6. The van der Waals surface area contributed by atoms with Gasteiger partial charge in [-0.1, -0.05) is 0 Å². The Balaban J connectivity index is 1.43. The zero-order valence-electron chi connectivity index (χ0n) is 14.4. The lowest BCUT2D eigenvalue weighted by Crippen LogP contribution is -2.55. The maximum Gasteiger partial charge on any atom is 0.150 e. The molecule has 2 saturated heterocycles. The second-order valence-electron chi connectivity index (χ2n) is 7.82. The molecule has 0 aromatic rings. The SMILES string of the molecule is CS(=O)(=O)C1CCC(C2CCCC(NCC3CCCN3)N2)CC1. The lowest BCUT2D eigenvalue weighted by atomic mass is 9.80. The lowest BCUT2D eigenvalue weighted by Gasteiger charge is -2.39. The summed E-state index contributed by atoms with van der Waals surface area (Å²) < 4.78 is 23.4. The Kier molecular flexibility index (Phi) is 5.99. The van der Waals surface area contributed by atoms with Crippen molar-refractivity contribution < 1.29 is 8.42 Å². The van der Waals surface area contributed by atoms with Crippen molar-refractivity contribution in [2.75, 3.05) is 19.3 Å². The van der Waals surface area contributed by atoms with Crippen LogP contribution in [0.25, 0.3) is 0 Å². The Hall–Kier alpha value is -0.170. The fraction of sp³-hybridized carbons (Fsp3) is 1.00. The third-order valence-corrected chi connectivity index (χ3v) is 7.77. The Labute approximate surface area is 141 Å². The summed E-state index contributed by atoms with van der Waals surface area (Å²) in [6.07, 6.45) is 12.0. The van der Waals surface area contributed by atoms with E-state index in [2.05, 4.69) is 16.0 Å². The molecule has 134 valence electrons. The van der Waals surface area contributed by atoms with Gasteiger partial charge in [0.1, 0.15) is 9.84 Å². The zero-order chi connectivity index (χ0) is 16.3. The molecule has 0 radical (unpaired) electrons. The molecule has 3 N–H and O–H groups in total. The van der Waals surface area contributed by atoms with Crippen molar-refractivity contribution in [1.82, 2.24) is 16.0 Å². The molecule has 5 nitrogen and oxygen atoms in total. The van der Waals surface area contributed by atoms with Gasteiger partial charge >= 0.3 is 0 Å². The summed E-state index contributed by atoms with van der Waals surface area (Å²) in [5.41, 5.74) is 0. The smallest absolute Gasteiger partial charge is 0.150 e. The second kappa shape index (κ2) is 7.81. The molecule has 3 fully saturated rings. The van der Waals surface area contributed by atoms with Crippen molar-refractivity contribution in [3.8, 4) is 0 Å². The van der Waals surface area contributed by atoms with Gasteiger partial charge in [-0.25, -0.2) is 8.42 Å². The highest BCUT2D eigenvalue weighted by atomic mass is 32.2. The fourth-order valence-corrected chi connectivity index (χ4v) is 5.76. The summed E-state index contributed by atoms with van der Waals surface area (Å²) in [5.74, 6) is 0.655. The van der Waals surface area contributed by atoms with Crippen LogP contribution in [0.4, 0.5) is 0 Å². The molecule has 2 aliphatic heterocycles. The van der Waals surface area contributed by atoms with Gasteiger partial charge in [-0.15, -0.1) is 0 Å². The minimum absolute atomic E-state index is 0.0929. The summed E-state index contributed by atoms with van der Waals surface area (Å²) in [5, 5.41) is 11.0. The van der Waals surface area contributed by atoms with Crippen molar-refractivity contribution in [1.29, 1.82) is 0 Å². The van der Waals surface area contributed by atoms with E-state index in [1.54, 1.807) is 0 Å². The summed E-state index contributed by atoms with van der Waals surface area (Å²) in [4.78, 5) is 0. The van der Waals surface area contributed by atoms with Crippen LogP contribution >= 0.6 is 0 Å². The summed E-state index contributed by atoms with van der Waals surface area (Å²) >= 11 is 0. The molecule has 23 heavy (non-hydrogen) atoms. The minimum Gasteiger partial charge on any atom is -0.313 e. The highest BCUT2D eigenvalue weighted by molar-refractivity contribution is 7.91. The van der Waals surface area contributed by atoms with Crippen molar-refractivity contribution in [3.63, 3.8) is 0 Å². The van der Waals surface area contributed by atoms with E-state index in [9.17, 15) is 8.42 Å². The lowest BCUT2D eigenvalue weighted by molar-refractivity contribution is 0.188. The van der Waals surface area contributed by atoms with Gasteiger partial charge in [0.15, 0.2) is 0 Å². The zero-order valence-corrected chi connectivity index (χ0v) is 15.2. The number of piperidine rings is 1. The first-order valence-electron chi connectivity index (χ1n) is 9.44. The van der Waals surface area contributed by atoms with Gasteiger partial charge in [-0.3, -0.25) is 5.32 Å². The number of rotatable bonds is 5. The average molecular weight is 344 g/mol.